The number of aryl methyl sites for hydroxylation is 2. The number of pyridine rings is 1. The smallest absolute Gasteiger partial charge is 0.308 e. The average Bonchev–Trinajstić information content (AvgIpc) is 2.53. The van der Waals surface area contributed by atoms with Gasteiger partial charge in [0.25, 0.3) is 0 Å². The van der Waals surface area contributed by atoms with Crippen molar-refractivity contribution in [1.29, 1.82) is 0 Å². The van der Waals surface area contributed by atoms with Gasteiger partial charge in [-0.3, -0.25) is 9.78 Å². The largest absolute Gasteiger partial charge is 0.462 e. The number of rotatable bonds is 4. The number of aromatic nitrogens is 1. The summed E-state index contributed by atoms with van der Waals surface area (Å²) < 4.78 is 5.37. The number of aliphatic hydroxyl groups excluding tert-OH is 1. The summed E-state index contributed by atoms with van der Waals surface area (Å²) in [5.74, 6) is -0.305. The fourth-order valence-electron chi connectivity index (χ4n) is 3.39. The molecular formula is C20H23NO3. The molecule has 126 valence electrons. The van der Waals surface area contributed by atoms with Crippen molar-refractivity contribution < 1.29 is 14.6 Å². The zero-order chi connectivity index (χ0) is 17.1. The maximum atomic E-state index is 11.5. The molecule has 2 heterocycles. The summed E-state index contributed by atoms with van der Waals surface area (Å²) in [4.78, 5) is 16.1. The molecular weight excluding hydrogens is 302 g/mol. The monoisotopic (exact) mass is 325 g/mol. The Balaban J connectivity index is 1.84. The molecule has 0 spiro atoms. The molecule has 1 N–H and O–H groups in total. The van der Waals surface area contributed by atoms with Crippen LogP contribution in [0.1, 0.15) is 36.2 Å². The minimum absolute atomic E-state index is 0.108. The maximum Gasteiger partial charge on any atom is 0.308 e. The summed E-state index contributed by atoms with van der Waals surface area (Å²) in [6.07, 6.45) is 1.30. The van der Waals surface area contributed by atoms with Crippen molar-refractivity contribution in [1.82, 2.24) is 4.98 Å². The standard InChI is InChI=1S/C20H23NO3/c1-13-10-19(15-6-4-3-5-7-15)18(14(2)21-13)9-8-17-11-16(22)12-20(23)24-17/h3-7,10,16-17,22H,8-9,11-12H2,1-2H3. The predicted molar refractivity (Wildman–Crippen MR) is 92.6 cm³/mol. The first-order chi connectivity index (χ1) is 11.5. The van der Waals surface area contributed by atoms with Crippen molar-refractivity contribution in [3.63, 3.8) is 0 Å². The zero-order valence-corrected chi connectivity index (χ0v) is 14.2. The number of hydrogen-bond acceptors (Lipinski definition) is 4. The molecule has 0 amide bonds. The lowest BCUT2D eigenvalue weighted by Gasteiger charge is -2.26. The Kier molecular flexibility index (Phi) is 4.95. The van der Waals surface area contributed by atoms with Crippen molar-refractivity contribution in [2.45, 2.75) is 51.7 Å². The van der Waals surface area contributed by atoms with E-state index in [1.165, 1.54) is 16.7 Å². The summed E-state index contributed by atoms with van der Waals surface area (Å²) in [5, 5.41) is 9.76. The molecule has 2 atom stereocenters. The van der Waals surface area contributed by atoms with Crippen molar-refractivity contribution in [3.8, 4) is 11.1 Å². The van der Waals surface area contributed by atoms with Crippen LogP contribution in [0.5, 0.6) is 0 Å². The number of benzene rings is 1. The highest BCUT2D eigenvalue weighted by Crippen LogP contribution is 2.29. The van der Waals surface area contributed by atoms with E-state index in [-0.39, 0.29) is 18.5 Å². The summed E-state index contributed by atoms with van der Waals surface area (Å²) in [6, 6.07) is 12.4. The van der Waals surface area contributed by atoms with Crippen LogP contribution in [0.3, 0.4) is 0 Å². The number of hydrogen-bond donors (Lipinski definition) is 1. The topological polar surface area (TPSA) is 59.4 Å². The van der Waals surface area contributed by atoms with E-state index < -0.39 is 6.10 Å². The second-order valence-electron chi connectivity index (χ2n) is 6.49. The number of ether oxygens (including phenoxy) is 1. The number of aliphatic hydroxyl groups is 1. The number of nitrogens with zero attached hydrogens (tertiary/aromatic N) is 1. The van der Waals surface area contributed by atoms with Gasteiger partial charge in [0.1, 0.15) is 6.10 Å². The third-order valence-electron chi connectivity index (χ3n) is 4.50. The molecule has 1 aromatic heterocycles. The van der Waals surface area contributed by atoms with Gasteiger partial charge in [-0.25, -0.2) is 0 Å². The maximum absolute atomic E-state index is 11.5. The Labute approximate surface area is 142 Å². The predicted octanol–water partition coefficient (Wildman–Crippen LogP) is 3.36. The van der Waals surface area contributed by atoms with E-state index in [0.29, 0.717) is 12.8 Å². The Bertz CT molecular complexity index is 727. The zero-order valence-electron chi connectivity index (χ0n) is 14.2. The highest BCUT2D eigenvalue weighted by atomic mass is 16.5. The van der Waals surface area contributed by atoms with Gasteiger partial charge in [-0.2, -0.15) is 0 Å². The van der Waals surface area contributed by atoms with Crippen LogP contribution < -0.4 is 0 Å². The molecule has 1 saturated heterocycles. The first-order valence-corrected chi connectivity index (χ1v) is 8.43. The number of cyclic esters (lactones) is 1. The van der Waals surface area contributed by atoms with Gasteiger partial charge in [0.15, 0.2) is 0 Å². The van der Waals surface area contributed by atoms with Gasteiger partial charge >= 0.3 is 5.97 Å². The number of carbonyl (C=O) groups excluding carboxylic acids is 1. The third-order valence-corrected chi connectivity index (χ3v) is 4.50. The SMILES string of the molecule is Cc1cc(-c2ccccc2)c(CCC2CC(O)CC(=O)O2)c(C)n1. The Morgan fingerprint density at radius 2 is 2.00 bits per heavy atom. The molecule has 4 nitrogen and oxygen atoms in total. The summed E-state index contributed by atoms with van der Waals surface area (Å²) in [7, 11) is 0. The van der Waals surface area contributed by atoms with Crippen molar-refractivity contribution in [2.75, 3.05) is 0 Å². The lowest BCUT2D eigenvalue weighted by Crippen LogP contribution is -2.32. The molecule has 1 fully saturated rings. The van der Waals surface area contributed by atoms with Crippen LogP contribution in [0.25, 0.3) is 11.1 Å². The van der Waals surface area contributed by atoms with Gasteiger partial charge in [0.05, 0.1) is 12.5 Å². The third kappa shape index (κ3) is 3.82. The molecule has 0 radical (unpaired) electrons. The second-order valence-corrected chi connectivity index (χ2v) is 6.49. The van der Waals surface area contributed by atoms with Gasteiger partial charge in [-0.1, -0.05) is 30.3 Å². The van der Waals surface area contributed by atoms with Crippen LogP contribution in [0.2, 0.25) is 0 Å². The molecule has 1 aliphatic rings. The normalized spacial score (nSPS) is 20.7. The van der Waals surface area contributed by atoms with Crippen LogP contribution >= 0.6 is 0 Å². The highest BCUT2D eigenvalue weighted by molar-refractivity contribution is 5.71. The summed E-state index contributed by atoms with van der Waals surface area (Å²) in [5.41, 5.74) is 5.54. The summed E-state index contributed by atoms with van der Waals surface area (Å²) >= 11 is 0. The lowest BCUT2D eigenvalue weighted by atomic mass is 9.92. The Morgan fingerprint density at radius 3 is 2.71 bits per heavy atom. The first kappa shape index (κ1) is 16.7. The molecule has 1 aliphatic heterocycles. The molecule has 0 aliphatic carbocycles. The van der Waals surface area contributed by atoms with Crippen molar-refractivity contribution in [3.05, 3.63) is 53.3 Å². The van der Waals surface area contributed by atoms with E-state index >= 15 is 0 Å². The van der Waals surface area contributed by atoms with Crippen LogP contribution in [0.15, 0.2) is 36.4 Å². The van der Waals surface area contributed by atoms with E-state index in [0.717, 1.165) is 17.8 Å². The van der Waals surface area contributed by atoms with Crippen molar-refractivity contribution in [2.24, 2.45) is 0 Å². The van der Waals surface area contributed by atoms with Gasteiger partial charge in [-0.05, 0) is 49.4 Å². The Morgan fingerprint density at radius 1 is 1.25 bits per heavy atom. The average molecular weight is 325 g/mol. The van der Waals surface area contributed by atoms with Crippen LogP contribution in [0, 0.1) is 13.8 Å². The van der Waals surface area contributed by atoms with Gasteiger partial charge < -0.3 is 9.84 Å². The van der Waals surface area contributed by atoms with E-state index in [9.17, 15) is 9.90 Å². The number of carbonyl (C=O) groups is 1. The molecule has 2 aromatic rings. The van der Waals surface area contributed by atoms with Crippen LogP contribution in [-0.4, -0.2) is 28.3 Å². The van der Waals surface area contributed by atoms with E-state index in [1.54, 1.807) is 0 Å². The Hall–Kier alpha value is -2.20. The molecule has 24 heavy (non-hydrogen) atoms. The fraction of sp³-hybridized carbons (Fsp3) is 0.400. The van der Waals surface area contributed by atoms with Gasteiger partial charge in [-0.15, -0.1) is 0 Å². The lowest BCUT2D eigenvalue weighted by molar-refractivity contribution is -0.160. The quantitative estimate of drug-likeness (QED) is 0.876. The van der Waals surface area contributed by atoms with Crippen molar-refractivity contribution >= 4 is 5.97 Å². The summed E-state index contributed by atoms with van der Waals surface area (Å²) in [6.45, 7) is 4.03. The molecule has 2 unspecified atom stereocenters. The molecule has 4 heteroatoms. The molecule has 1 aromatic carbocycles. The minimum atomic E-state index is -0.581. The number of esters is 1. The van der Waals surface area contributed by atoms with E-state index in [4.69, 9.17) is 4.74 Å². The minimum Gasteiger partial charge on any atom is -0.462 e. The van der Waals surface area contributed by atoms with E-state index in [2.05, 4.69) is 23.2 Å². The van der Waals surface area contributed by atoms with Crippen LogP contribution in [0.4, 0.5) is 0 Å². The molecule has 3 rings (SSSR count). The highest BCUT2D eigenvalue weighted by Gasteiger charge is 2.27. The molecule has 0 bridgehead atoms. The van der Waals surface area contributed by atoms with Gasteiger partial charge in [0.2, 0.25) is 0 Å². The van der Waals surface area contributed by atoms with Crippen LogP contribution in [-0.2, 0) is 16.0 Å². The molecule has 0 saturated carbocycles. The second kappa shape index (κ2) is 7.14. The van der Waals surface area contributed by atoms with E-state index in [1.807, 2.05) is 32.0 Å². The first-order valence-electron chi connectivity index (χ1n) is 8.43. The van der Waals surface area contributed by atoms with Gasteiger partial charge in [0, 0.05) is 17.8 Å². The fourth-order valence-corrected chi connectivity index (χ4v) is 3.39.